The fourth-order valence-electron chi connectivity index (χ4n) is 2.47. The minimum absolute atomic E-state index is 0.0161. The summed E-state index contributed by atoms with van der Waals surface area (Å²) in [6, 6.07) is 3.87. The van der Waals surface area contributed by atoms with Crippen LogP contribution in [0.25, 0.3) is 0 Å². The number of aromatic nitrogens is 1. The summed E-state index contributed by atoms with van der Waals surface area (Å²) in [5.74, 6) is 0.988. The van der Waals surface area contributed by atoms with Crippen molar-refractivity contribution in [3.63, 3.8) is 0 Å². The van der Waals surface area contributed by atoms with Crippen LogP contribution < -0.4 is 9.46 Å². The van der Waals surface area contributed by atoms with Crippen molar-refractivity contribution in [3.8, 4) is 5.88 Å². The maximum atomic E-state index is 12.5. The average Bonchev–Trinajstić information content (AvgIpc) is 2.52. The molecule has 0 spiro atoms. The summed E-state index contributed by atoms with van der Waals surface area (Å²) in [5, 5.41) is 0. The second kappa shape index (κ2) is 7.53. The normalized spacial score (nSPS) is 19.6. The van der Waals surface area contributed by atoms with Crippen LogP contribution in [0.5, 0.6) is 5.88 Å². The summed E-state index contributed by atoms with van der Waals surface area (Å²) >= 11 is 0. The molecule has 0 aliphatic carbocycles. The molecule has 2 atom stereocenters. The zero-order chi connectivity index (χ0) is 16.2. The molecule has 1 aliphatic heterocycles. The minimum Gasteiger partial charge on any atom is -0.481 e. The lowest BCUT2D eigenvalue weighted by Crippen LogP contribution is -2.39. The molecular formula is C16H26N2O3S. The van der Waals surface area contributed by atoms with Crippen LogP contribution in [-0.2, 0) is 15.7 Å². The van der Waals surface area contributed by atoms with E-state index in [1.54, 1.807) is 7.11 Å². The summed E-state index contributed by atoms with van der Waals surface area (Å²) in [6.45, 7) is 7.44. The molecule has 5 nitrogen and oxygen atoms in total. The quantitative estimate of drug-likeness (QED) is 0.903. The van der Waals surface area contributed by atoms with E-state index in [-0.39, 0.29) is 10.8 Å². The van der Waals surface area contributed by atoms with Gasteiger partial charge in [-0.1, -0.05) is 6.07 Å². The average molecular weight is 326 g/mol. The third-order valence-corrected chi connectivity index (χ3v) is 5.44. The molecular weight excluding hydrogens is 300 g/mol. The van der Waals surface area contributed by atoms with Crippen molar-refractivity contribution in [1.29, 1.82) is 0 Å². The molecule has 1 aromatic heterocycles. The fraction of sp³-hybridized carbons (Fsp3) is 0.688. The summed E-state index contributed by atoms with van der Waals surface area (Å²) < 4.78 is 26.1. The van der Waals surface area contributed by atoms with Crippen LogP contribution in [0.2, 0.25) is 0 Å². The molecule has 1 aromatic rings. The smallest absolute Gasteiger partial charge is 0.212 e. The van der Waals surface area contributed by atoms with Gasteiger partial charge in [0.25, 0.3) is 0 Å². The van der Waals surface area contributed by atoms with E-state index >= 15 is 0 Å². The molecule has 2 rings (SSSR count). The minimum atomic E-state index is -1.13. The highest BCUT2D eigenvalue weighted by Crippen LogP contribution is 2.31. The number of rotatable bonds is 5. The lowest BCUT2D eigenvalue weighted by molar-refractivity contribution is 0.0565. The monoisotopic (exact) mass is 326 g/mol. The van der Waals surface area contributed by atoms with Gasteiger partial charge in [0.2, 0.25) is 5.88 Å². The second-order valence-electron chi connectivity index (χ2n) is 6.56. The van der Waals surface area contributed by atoms with Crippen molar-refractivity contribution in [3.05, 3.63) is 23.9 Å². The van der Waals surface area contributed by atoms with E-state index in [1.165, 1.54) is 0 Å². The molecule has 0 aromatic carbocycles. The third kappa shape index (κ3) is 4.51. The fourth-order valence-corrected chi connectivity index (χ4v) is 3.39. The Bertz CT molecular complexity index is 493. The predicted octanol–water partition coefficient (Wildman–Crippen LogP) is 2.61. The Morgan fingerprint density at radius 1 is 1.36 bits per heavy atom. The zero-order valence-electron chi connectivity index (χ0n) is 13.8. The van der Waals surface area contributed by atoms with E-state index in [0.29, 0.717) is 11.8 Å². The van der Waals surface area contributed by atoms with E-state index in [1.807, 2.05) is 39.1 Å². The van der Waals surface area contributed by atoms with Gasteiger partial charge in [-0.15, -0.1) is 0 Å². The van der Waals surface area contributed by atoms with Gasteiger partial charge in [-0.3, -0.25) is 0 Å². The Kier molecular flexibility index (Phi) is 5.94. The first-order valence-corrected chi connectivity index (χ1v) is 8.82. The van der Waals surface area contributed by atoms with Crippen LogP contribution in [0.15, 0.2) is 18.3 Å². The molecule has 1 fully saturated rings. The highest BCUT2D eigenvalue weighted by molar-refractivity contribution is 7.84. The molecule has 124 valence electrons. The van der Waals surface area contributed by atoms with Crippen LogP contribution in [0.1, 0.15) is 45.2 Å². The molecule has 1 N–H and O–H groups in total. The van der Waals surface area contributed by atoms with Crippen LogP contribution in [-0.4, -0.2) is 34.3 Å². The van der Waals surface area contributed by atoms with E-state index in [9.17, 15) is 4.21 Å². The Hall–Kier alpha value is -0.980. The first-order chi connectivity index (χ1) is 10.4. The van der Waals surface area contributed by atoms with Crippen LogP contribution in [0.3, 0.4) is 0 Å². The van der Waals surface area contributed by atoms with Gasteiger partial charge in [-0.05, 0) is 45.1 Å². The van der Waals surface area contributed by atoms with E-state index in [2.05, 4.69) is 9.71 Å². The van der Waals surface area contributed by atoms with Gasteiger partial charge in [0.15, 0.2) is 0 Å². The summed E-state index contributed by atoms with van der Waals surface area (Å²) in [6.07, 6.45) is 3.74. The van der Waals surface area contributed by atoms with Crippen molar-refractivity contribution in [2.24, 2.45) is 5.92 Å². The van der Waals surface area contributed by atoms with Crippen molar-refractivity contribution in [2.75, 3.05) is 20.3 Å². The third-order valence-electron chi connectivity index (χ3n) is 3.86. The summed E-state index contributed by atoms with van der Waals surface area (Å²) in [4.78, 5) is 4.29. The highest BCUT2D eigenvalue weighted by atomic mass is 32.2. The molecule has 1 aliphatic rings. The van der Waals surface area contributed by atoms with E-state index in [4.69, 9.17) is 9.47 Å². The molecule has 0 bridgehead atoms. The van der Waals surface area contributed by atoms with E-state index in [0.717, 1.165) is 31.6 Å². The summed E-state index contributed by atoms with van der Waals surface area (Å²) in [7, 11) is 0.476. The number of ether oxygens (including phenoxy) is 2. The van der Waals surface area contributed by atoms with Gasteiger partial charge in [0, 0.05) is 31.5 Å². The Morgan fingerprint density at radius 3 is 2.55 bits per heavy atom. The lowest BCUT2D eigenvalue weighted by Gasteiger charge is -2.32. The largest absolute Gasteiger partial charge is 0.481 e. The van der Waals surface area contributed by atoms with Crippen LogP contribution in [0, 0.1) is 5.92 Å². The maximum absolute atomic E-state index is 12.5. The first-order valence-electron chi connectivity index (χ1n) is 7.67. The van der Waals surface area contributed by atoms with Crippen molar-refractivity contribution in [1.82, 2.24) is 9.71 Å². The van der Waals surface area contributed by atoms with Gasteiger partial charge in [0.1, 0.15) is 0 Å². The maximum Gasteiger partial charge on any atom is 0.212 e. The molecule has 6 heteroatoms. The van der Waals surface area contributed by atoms with Crippen LogP contribution in [0.4, 0.5) is 0 Å². The molecule has 2 heterocycles. The molecule has 1 saturated heterocycles. The van der Waals surface area contributed by atoms with Crippen LogP contribution >= 0.6 is 0 Å². The predicted molar refractivity (Wildman–Crippen MR) is 88.1 cm³/mol. The Balaban J connectivity index is 2.21. The number of methoxy groups -OCH3 is 1. The highest BCUT2D eigenvalue weighted by Gasteiger charge is 2.30. The first kappa shape index (κ1) is 17.4. The lowest BCUT2D eigenvalue weighted by atomic mass is 9.88. The van der Waals surface area contributed by atoms with Crippen molar-refractivity contribution in [2.45, 2.75) is 44.4 Å². The van der Waals surface area contributed by atoms with Gasteiger partial charge >= 0.3 is 0 Å². The molecule has 22 heavy (non-hydrogen) atoms. The Labute approximate surface area is 135 Å². The van der Waals surface area contributed by atoms with Gasteiger partial charge in [-0.2, -0.15) is 0 Å². The standard InChI is InChI=1S/C16H26N2O3S/c1-16(2,3)22(19)18-15(12-7-9-21-10-8-12)13-5-6-14(20-4)17-11-13/h5-6,11-12,15,18H,7-10H2,1-4H3/t15-,22?/m1/s1. The molecule has 0 amide bonds. The number of nitrogens with zero attached hydrogens (tertiary/aromatic N) is 1. The second-order valence-corrected chi connectivity index (χ2v) is 8.56. The number of nitrogens with one attached hydrogen (secondary N) is 1. The molecule has 0 saturated carbocycles. The van der Waals surface area contributed by atoms with Gasteiger partial charge < -0.3 is 9.47 Å². The molecule has 0 radical (unpaired) electrons. The molecule has 1 unspecified atom stereocenters. The SMILES string of the molecule is COc1ccc([C@H](NS(=O)C(C)(C)C)C2CCOCC2)cn1. The number of hydrogen-bond acceptors (Lipinski definition) is 4. The van der Waals surface area contributed by atoms with E-state index < -0.39 is 11.0 Å². The van der Waals surface area contributed by atoms with Crippen molar-refractivity contribution < 1.29 is 13.7 Å². The van der Waals surface area contributed by atoms with Gasteiger partial charge in [-0.25, -0.2) is 13.9 Å². The number of hydrogen-bond donors (Lipinski definition) is 1. The Morgan fingerprint density at radius 2 is 2.05 bits per heavy atom. The summed E-state index contributed by atoms with van der Waals surface area (Å²) in [5.41, 5.74) is 1.05. The van der Waals surface area contributed by atoms with Crippen molar-refractivity contribution >= 4 is 11.0 Å². The number of pyridine rings is 1. The van der Waals surface area contributed by atoms with Gasteiger partial charge in [0.05, 0.1) is 22.8 Å². The topological polar surface area (TPSA) is 60.5 Å². The zero-order valence-corrected chi connectivity index (χ0v) is 14.6.